The number of rotatable bonds is 6. The second-order valence-electron chi connectivity index (χ2n) is 6.79. The molecule has 0 bridgehead atoms. The van der Waals surface area contributed by atoms with Gasteiger partial charge in [0.2, 0.25) is 0 Å². The van der Waals surface area contributed by atoms with Gasteiger partial charge in [0.25, 0.3) is 0 Å². The monoisotopic (exact) mass is 344 g/mol. The number of hydrogen-bond donors (Lipinski definition) is 1. The summed E-state index contributed by atoms with van der Waals surface area (Å²) in [5.41, 5.74) is 9.89. The lowest BCUT2D eigenvalue weighted by Crippen LogP contribution is -2.14. The highest BCUT2D eigenvalue weighted by molar-refractivity contribution is 5.98. The van der Waals surface area contributed by atoms with Crippen LogP contribution in [0.3, 0.4) is 0 Å². The van der Waals surface area contributed by atoms with Crippen LogP contribution in [0.15, 0.2) is 70.9 Å². The van der Waals surface area contributed by atoms with Gasteiger partial charge in [-0.15, -0.1) is 5.10 Å². The van der Waals surface area contributed by atoms with Crippen LogP contribution in [-0.4, -0.2) is 17.0 Å². The highest BCUT2D eigenvalue weighted by atomic mass is 15.2. The fourth-order valence-electron chi connectivity index (χ4n) is 2.64. The first kappa shape index (κ1) is 17.8. The van der Waals surface area contributed by atoms with Gasteiger partial charge in [-0.2, -0.15) is 5.10 Å². The molecule has 3 rings (SSSR count). The lowest BCUT2D eigenvalue weighted by atomic mass is 10.0. The van der Waals surface area contributed by atoms with Gasteiger partial charge in [0, 0.05) is 5.39 Å². The SMILES string of the molecule is CC(C)CCc1ccc(/C=N/N=C(\N)c2ccc3ccccc3n2)cc1. The van der Waals surface area contributed by atoms with E-state index < -0.39 is 0 Å². The van der Waals surface area contributed by atoms with E-state index in [0.717, 1.165) is 28.8 Å². The number of aryl methyl sites for hydroxylation is 1. The zero-order chi connectivity index (χ0) is 18.4. The third kappa shape index (κ3) is 4.76. The van der Waals surface area contributed by atoms with Crippen LogP contribution in [0.1, 0.15) is 37.1 Å². The number of fused-ring (bicyclic) bond motifs is 1. The van der Waals surface area contributed by atoms with Crippen molar-refractivity contribution < 1.29 is 0 Å². The first-order valence-electron chi connectivity index (χ1n) is 8.93. The highest BCUT2D eigenvalue weighted by Crippen LogP contribution is 2.12. The summed E-state index contributed by atoms with van der Waals surface area (Å²) >= 11 is 0. The van der Waals surface area contributed by atoms with E-state index in [1.54, 1.807) is 6.21 Å². The number of amidine groups is 1. The minimum Gasteiger partial charge on any atom is -0.380 e. The van der Waals surface area contributed by atoms with E-state index in [9.17, 15) is 0 Å². The van der Waals surface area contributed by atoms with Crippen LogP contribution >= 0.6 is 0 Å². The molecule has 0 atom stereocenters. The van der Waals surface area contributed by atoms with Crippen LogP contribution in [0, 0.1) is 5.92 Å². The maximum Gasteiger partial charge on any atom is 0.172 e. The van der Waals surface area contributed by atoms with Crippen LogP contribution in [0.4, 0.5) is 0 Å². The van der Waals surface area contributed by atoms with Crippen LogP contribution in [0.2, 0.25) is 0 Å². The normalized spacial score (nSPS) is 12.3. The number of hydrogen-bond acceptors (Lipinski definition) is 3. The Morgan fingerprint density at radius 2 is 1.81 bits per heavy atom. The summed E-state index contributed by atoms with van der Waals surface area (Å²) < 4.78 is 0. The molecule has 0 unspecified atom stereocenters. The van der Waals surface area contributed by atoms with Crippen molar-refractivity contribution >= 4 is 23.0 Å². The number of nitrogens with zero attached hydrogens (tertiary/aromatic N) is 3. The molecule has 3 aromatic rings. The summed E-state index contributed by atoms with van der Waals surface area (Å²) in [5, 5.41) is 9.25. The molecular weight excluding hydrogens is 320 g/mol. The fourth-order valence-corrected chi connectivity index (χ4v) is 2.64. The zero-order valence-corrected chi connectivity index (χ0v) is 15.3. The fraction of sp³-hybridized carbons (Fsp3) is 0.227. The first-order valence-corrected chi connectivity index (χ1v) is 8.93. The van der Waals surface area contributed by atoms with Crippen LogP contribution in [0.25, 0.3) is 10.9 Å². The minimum atomic E-state index is 0.306. The lowest BCUT2D eigenvalue weighted by molar-refractivity contribution is 0.587. The Hall–Kier alpha value is -3.01. The maximum absolute atomic E-state index is 6.02. The van der Waals surface area contributed by atoms with E-state index >= 15 is 0 Å². The van der Waals surface area contributed by atoms with E-state index in [2.05, 4.69) is 53.3 Å². The van der Waals surface area contributed by atoms with Crippen molar-refractivity contribution in [1.82, 2.24) is 4.98 Å². The van der Waals surface area contributed by atoms with Crippen molar-refractivity contribution in [1.29, 1.82) is 0 Å². The average molecular weight is 344 g/mol. The molecule has 4 heteroatoms. The van der Waals surface area contributed by atoms with Crippen molar-refractivity contribution in [3.05, 3.63) is 77.5 Å². The van der Waals surface area contributed by atoms with E-state index in [1.807, 2.05) is 36.4 Å². The average Bonchev–Trinajstić information content (AvgIpc) is 2.67. The summed E-state index contributed by atoms with van der Waals surface area (Å²) in [4.78, 5) is 4.52. The summed E-state index contributed by atoms with van der Waals surface area (Å²) in [6, 6.07) is 20.1. The Bertz CT molecular complexity index is 924. The lowest BCUT2D eigenvalue weighted by Gasteiger charge is -2.04. The third-order valence-corrected chi connectivity index (χ3v) is 4.22. The first-order chi connectivity index (χ1) is 12.6. The Balaban J connectivity index is 1.67. The van der Waals surface area contributed by atoms with Gasteiger partial charge in [0.15, 0.2) is 5.84 Å². The summed E-state index contributed by atoms with van der Waals surface area (Å²) in [6.07, 6.45) is 4.01. The van der Waals surface area contributed by atoms with Gasteiger partial charge in [-0.3, -0.25) is 0 Å². The van der Waals surface area contributed by atoms with Gasteiger partial charge in [0.1, 0.15) is 5.69 Å². The van der Waals surface area contributed by atoms with Crippen LogP contribution in [0.5, 0.6) is 0 Å². The Labute approximate surface area is 154 Å². The van der Waals surface area contributed by atoms with E-state index in [4.69, 9.17) is 5.73 Å². The molecule has 0 amide bonds. The van der Waals surface area contributed by atoms with Crippen molar-refractivity contribution in [2.45, 2.75) is 26.7 Å². The smallest absolute Gasteiger partial charge is 0.172 e. The van der Waals surface area contributed by atoms with Crippen LogP contribution < -0.4 is 5.73 Å². The molecule has 2 aromatic carbocycles. The molecule has 132 valence electrons. The topological polar surface area (TPSA) is 63.6 Å². The molecule has 0 saturated heterocycles. The molecule has 0 aliphatic heterocycles. The van der Waals surface area contributed by atoms with Gasteiger partial charge in [-0.05, 0) is 42.0 Å². The van der Waals surface area contributed by atoms with Gasteiger partial charge >= 0.3 is 0 Å². The molecule has 0 radical (unpaired) electrons. The molecule has 26 heavy (non-hydrogen) atoms. The van der Waals surface area contributed by atoms with Crippen LogP contribution in [-0.2, 0) is 6.42 Å². The van der Waals surface area contributed by atoms with Crippen molar-refractivity contribution in [3.8, 4) is 0 Å². The molecule has 0 aliphatic carbocycles. The highest BCUT2D eigenvalue weighted by Gasteiger charge is 2.02. The largest absolute Gasteiger partial charge is 0.380 e. The standard InChI is InChI=1S/C22H24N4/c1-16(2)7-8-17-9-11-18(12-10-17)15-24-26-22(23)21-14-13-19-5-3-4-6-20(19)25-21/h3-6,9-16H,7-8H2,1-2H3,(H2,23,26)/b24-15+. The molecule has 1 heterocycles. The Morgan fingerprint density at radius 3 is 2.58 bits per heavy atom. The second kappa shape index (κ2) is 8.39. The summed E-state index contributed by atoms with van der Waals surface area (Å²) in [6.45, 7) is 4.49. The summed E-state index contributed by atoms with van der Waals surface area (Å²) in [7, 11) is 0. The van der Waals surface area contributed by atoms with Gasteiger partial charge in [-0.25, -0.2) is 4.98 Å². The van der Waals surface area contributed by atoms with Gasteiger partial charge < -0.3 is 5.73 Å². The van der Waals surface area contributed by atoms with Gasteiger partial charge in [-0.1, -0.05) is 62.4 Å². The summed E-state index contributed by atoms with van der Waals surface area (Å²) in [5.74, 6) is 1.03. The van der Waals surface area contributed by atoms with E-state index in [1.165, 1.54) is 12.0 Å². The molecule has 2 N–H and O–H groups in total. The quantitative estimate of drug-likeness (QED) is 0.405. The third-order valence-electron chi connectivity index (χ3n) is 4.22. The Morgan fingerprint density at radius 1 is 1.04 bits per heavy atom. The molecule has 4 nitrogen and oxygen atoms in total. The minimum absolute atomic E-state index is 0.306. The zero-order valence-electron chi connectivity index (χ0n) is 15.3. The van der Waals surface area contributed by atoms with Crippen molar-refractivity contribution in [2.24, 2.45) is 21.9 Å². The number of pyridine rings is 1. The Kier molecular flexibility index (Phi) is 5.74. The predicted molar refractivity (Wildman–Crippen MR) is 110 cm³/mol. The molecule has 0 fully saturated rings. The number of para-hydroxylation sites is 1. The number of nitrogens with two attached hydrogens (primary N) is 1. The van der Waals surface area contributed by atoms with Crippen molar-refractivity contribution in [2.75, 3.05) is 0 Å². The van der Waals surface area contributed by atoms with E-state index in [0.29, 0.717) is 11.5 Å². The molecule has 0 spiro atoms. The molecule has 0 aliphatic rings. The molecule has 0 saturated carbocycles. The second-order valence-corrected chi connectivity index (χ2v) is 6.79. The number of benzene rings is 2. The molecule has 1 aromatic heterocycles. The van der Waals surface area contributed by atoms with Crippen molar-refractivity contribution in [3.63, 3.8) is 0 Å². The van der Waals surface area contributed by atoms with E-state index in [-0.39, 0.29) is 0 Å². The molecular formula is C22H24N4. The van der Waals surface area contributed by atoms with Gasteiger partial charge in [0.05, 0.1) is 11.7 Å². The number of aromatic nitrogens is 1. The maximum atomic E-state index is 6.02. The predicted octanol–water partition coefficient (Wildman–Crippen LogP) is 4.56.